The summed E-state index contributed by atoms with van der Waals surface area (Å²) in [6, 6.07) is 5.28. The minimum absolute atomic E-state index is 0.000348. The number of ether oxygens (including phenoxy) is 1. The molecule has 1 rings (SSSR count). The lowest BCUT2D eigenvalue weighted by atomic mass is 9.98. The zero-order valence-corrected chi connectivity index (χ0v) is 9.74. The van der Waals surface area contributed by atoms with Crippen molar-refractivity contribution in [2.24, 2.45) is 0 Å². The molecule has 6 heteroatoms. The van der Waals surface area contributed by atoms with Crippen LogP contribution in [0.5, 0.6) is 0 Å². The summed E-state index contributed by atoms with van der Waals surface area (Å²) in [5.41, 5.74) is 0.0173. The summed E-state index contributed by atoms with van der Waals surface area (Å²) in [4.78, 5) is 21.8. The van der Waals surface area contributed by atoms with E-state index in [1.54, 1.807) is 0 Å². The van der Waals surface area contributed by atoms with Crippen molar-refractivity contribution in [3.8, 4) is 0 Å². The number of carbonyl (C=O) groups is 2. The summed E-state index contributed by atoms with van der Waals surface area (Å²) in [6.45, 7) is 1.52. The topological polar surface area (TPSA) is 104 Å². The first kappa shape index (κ1) is 14.3. The maximum atomic E-state index is 11.3. The molecule has 1 aromatic carbocycles. The van der Waals surface area contributed by atoms with E-state index in [-0.39, 0.29) is 17.7 Å². The third-order valence-corrected chi connectivity index (χ3v) is 2.34. The van der Waals surface area contributed by atoms with Crippen molar-refractivity contribution < 1.29 is 29.6 Å². The van der Waals surface area contributed by atoms with Crippen molar-refractivity contribution in [2.45, 2.75) is 18.8 Å². The summed E-state index contributed by atoms with van der Waals surface area (Å²) in [6.07, 6.45) is -1.64. The third-order valence-electron chi connectivity index (χ3n) is 2.34. The van der Waals surface area contributed by atoms with Gasteiger partial charge in [0.05, 0.1) is 6.61 Å². The molecule has 0 saturated heterocycles. The van der Waals surface area contributed by atoms with Crippen LogP contribution in [0.3, 0.4) is 0 Å². The molecule has 18 heavy (non-hydrogen) atoms. The van der Waals surface area contributed by atoms with Gasteiger partial charge in [0.2, 0.25) is 11.9 Å². The summed E-state index contributed by atoms with van der Waals surface area (Å²) >= 11 is 0. The van der Waals surface area contributed by atoms with E-state index in [1.807, 2.05) is 0 Å². The van der Waals surface area contributed by atoms with Gasteiger partial charge < -0.3 is 20.1 Å². The number of rotatable bonds is 5. The normalized spacial score (nSPS) is 12.9. The van der Waals surface area contributed by atoms with Gasteiger partial charge in [-0.1, -0.05) is 18.2 Å². The van der Waals surface area contributed by atoms with Crippen LogP contribution in [-0.4, -0.2) is 40.3 Å². The highest BCUT2D eigenvalue weighted by Crippen LogP contribution is 2.23. The van der Waals surface area contributed by atoms with Crippen LogP contribution in [0.25, 0.3) is 0 Å². The van der Waals surface area contributed by atoms with Gasteiger partial charge in [0, 0.05) is 11.1 Å². The molecule has 0 heterocycles. The number of hydrogen-bond donors (Lipinski definition) is 3. The predicted octanol–water partition coefficient (Wildman–Crippen LogP) is -0.440. The zero-order valence-electron chi connectivity index (χ0n) is 9.74. The van der Waals surface area contributed by atoms with E-state index in [1.165, 1.54) is 25.1 Å². The number of aliphatic hydroxyl groups is 3. The molecular weight excluding hydrogens is 240 g/mol. The predicted molar refractivity (Wildman–Crippen MR) is 60.6 cm³/mol. The summed E-state index contributed by atoms with van der Waals surface area (Å²) in [7, 11) is 0. The van der Waals surface area contributed by atoms with Crippen LogP contribution in [0.1, 0.15) is 22.8 Å². The molecule has 0 aliphatic rings. The molecule has 0 aliphatic heterocycles. The fraction of sp³-hybridized carbons (Fsp3) is 0.333. The minimum atomic E-state index is -2.81. The van der Waals surface area contributed by atoms with Crippen LogP contribution >= 0.6 is 0 Å². The molecule has 3 N–H and O–H groups in total. The Hall–Kier alpha value is -1.76. The average Bonchev–Trinajstić information content (AvgIpc) is 2.38. The lowest BCUT2D eigenvalue weighted by Crippen LogP contribution is -2.45. The Kier molecular flexibility index (Phi) is 4.55. The van der Waals surface area contributed by atoms with Crippen molar-refractivity contribution in [3.63, 3.8) is 0 Å². The summed E-state index contributed by atoms with van der Waals surface area (Å²) in [5.74, 6) is -3.97. The molecule has 1 unspecified atom stereocenters. The number of aldehydes is 1. The van der Waals surface area contributed by atoms with E-state index in [0.29, 0.717) is 6.29 Å². The molecule has 0 bridgehead atoms. The van der Waals surface area contributed by atoms with E-state index >= 15 is 0 Å². The van der Waals surface area contributed by atoms with Gasteiger partial charge in [-0.2, -0.15) is 0 Å². The van der Waals surface area contributed by atoms with Gasteiger partial charge in [-0.25, -0.2) is 4.79 Å². The molecule has 0 amide bonds. The number of esters is 1. The Morgan fingerprint density at radius 1 is 1.50 bits per heavy atom. The molecular formula is C12H14O6. The van der Waals surface area contributed by atoms with Gasteiger partial charge in [0.15, 0.2) is 0 Å². The van der Waals surface area contributed by atoms with Gasteiger partial charge >= 0.3 is 5.97 Å². The van der Waals surface area contributed by atoms with Crippen LogP contribution in [0.15, 0.2) is 24.3 Å². The largest absolute Gasteiger partial charge is 0.464 e. The highest BCUT2D eigenvalue weighted by molar-refractivity contribution is 5.77. The fourth-order valence-corrected chi connectivity index (χ4v) is 1.38. The van der Waals surface area contributed by atoms with Crippen LogP contribution in [-0.2, 0) is 15.3 Å². The van der Waals surface area contributed by atoms with E-state index < -0.39 is 17.9 Å². The third kappa shape index (κ3) is 2.92. The van der Waals surface area contributed by atoms with Gasteiger partial charge in [0.1, 0.15) is 6.29 Å². The van der Waals surface area contributed by atoms with E-state index in [2.05, 4.69) is 4.74 Å². The second-order valence-electron chi connectivity index (χ2n) is 3.62. The highest BCUT2D eigenvalue weighted by Gasteiger charge is 2.41. The minimum Gasteiger partial charge on any atom is -0.464 e. The standard InChI is InChI=1S/C12H14O6/c1-2-18-11(15)10(14)12(16,17)9-5-3-4-8(6-9)7-13/h3-7,10,14,16-17H,2H2,1H3. The molecule has 0 radical (unpaired) electrons. The van der Waals surface area contributed by atoms with E-state index in [0.717, 1.165) is 6.07 Å². The average molecular weight is 254 g/mol. The maximum absolute atomic E-state index is 11.3. The van der Waals surface area contributed by atoms with Gasteiger partial charge in [-0.05, 0) is 13.0 Å². The molecule has 6 nitrogen and oxygen atoms in total. The quantitative estimate of drug-likeness (QED) is 0.374. The molecule has 98 valence electrons. The van der Waals surface area contributed by atoms with Gasteiger partial charge in [-0.3, -0.25) is 4.79 Å². The lowest BCUT2D eigenvalue weighted by Gasteiger charge is -2.26. The Morgan fingerprint density at radius 3 is 2.72 bits per heavy atom. The van der Waals surface area contributed by atoms with Crippen molar-refractivity contribution in [1.29, 1.82) is 0 Å². The fourth-order valence-electron chi connectivity index (χ4n) is 1.38. The molecule has 0 fully saturated rings. The Bertz CT molecular complexity index is 440. The SMILES string of the molecule is CCOC(=O)C(O)C(O)(O)c1cccc(C=O)c1. The Balaban J connectivity index is 3.03. The van der Waals surface area contributed by atoms with Crippen LogP contribution in [0.2, 0.25) is 0 Å². The van der Waals surface area contributed by atoms with Crippen LogP contribution in [0.4, 0.5) is 0 Å². The van der Waals surface area contributed by atoms with E-state index in [4.69, 9.17) is 0 Å². The molecule has 0 saturated carbocycles. The molecule has 1 atom stereocenters. The number of aliphatic hydroxyl groups excluding tert-OH is 1. The van der Waals surface area contributed by atoms with Crippen molar-refractivity contribution in [1.82, 2.24) is 0 Å². The molecule has 0 aromatic heterocycles. The summed E-state index contributed by atoms with van der Waals surface area (Å²) < 4.78 is 4.49. The zero-order chi connectivity index (χ0) is 13.8. The summed E-state index contributed by atoms with van der Waals surface area (Å²) in [5, 5.41) is 29.1. The van der Waals surface area contributed by atoms with Gasteiger partial charge in [-0.15, -0.1) is 0 Å². The number of carbonyl (C=O) groups excluding carboxylic acids is 2. The van der Waals surface area contributed by atoms with Crippen molar-refractivity contribution >= 4 is 12.3 Å². The van der Waals surface area contributed by atoms with Crippen LogP contribution in [0, 0.1) is 0 Å². The molecule has 1 aromatic rings. The number of benzene rings is 1. The second kappa shape index (κ2) is 5.72. The van der Waals surface area contributed by atoms with Crippen LogP contribution < -0.4 is 0 Å². The highest BCUT2D eigenvalue weighted by atomic mass is 16.6. The van der Waals surface area contributed by atoms with E-state index in [9.17, 15) is 24.9 Å². The first-order valence-electron chi connectivity index (χ1n) is 5.28. The number of hydrogen-bond acceptors (Lipinski definition) is 6. The van der Waals surface area contributed by atoms with Gasteiger partial charge in [0.25, 0.3) is 0 Å². The Labute approximate surface area is 103 Å². The smallest absolute Gasteiger partial charge is 0.341 e. The first-order valence-corrected chi connectivity index (χ1v) is 5.28. The molecule has 0 spiro atoms. The maximum Gasteiger partial charge on any atom is 0.341 e. The van der Waals surface area contributed by atoms with Crippen molar-refractivity contribution in [3.05, 3.63) is 35.4 Å². The first-order chi connectivity index (χ1) is 8.43. The Morgan fingerprint density at radius 2 is 2.17 bits per heavy atom. The monoisotopic (exact) mass is 254 g/mol. The second-order valence-corrected chi connectivity index (χ2v) is 3.62. The van der Waals surface area contributed by atoms with Crippen molar-refractivity contribution in [2.75, 3.05) is 6.61 Å². The molecule has 0 aliphatic carbocycles. The lowest BCUT2D eigenvalue weighted by molar-refractivity contribution is -0.240.